The minimum atomic E-state index is -0.332. The highest BCUT2D eigenvalue weighted by molar-refractivity contribution is 8.78. The van der Waals surface area contributed by atoms with Crippen molar-refractivity contribution in [2.45, 2.75) is 52.4 Å². The second kappa shape index (κ2) is 29.8. The van der Waals surface area contributed by atoms with Crippen LogP contribution in [0.5, 0.6) is 0 Å². The number of aromatic nitrogens is 2. The summed E-state index contributed by atoms with van der Waals surface area (Å²) in [5, 5.41) is 0. The van der Waals surface area contributed by atoms with Gasteiger partial charge in [-0.15, -0.1) is 0 Å². The van der Waals surface area contributed by atoms with Crippen LogP contribution in [0.2, 0.25) is 0 Å². The molecule has 0 aliphatic carbocycles. The summed E-state index contributed by atoms with van der Waals surface area (Å²) in [5.41, 5.74) is 11.9. The third-order valence-electron chi connectivity index (χ3n) is 5.17. The number of hydrogen-bond acceptors (Lipinski definition) is 4. The van der Waals surface area contributed by atoms with Crippen molar-refractivity contribution in [2.75, 3.05) is 5.73 Å². The average Bonchev–Trinajstić information content (AvgIpc) is 3.46. The molecule has 0 bridgehead atoms. The number of imidazole rings is 1. The predicted molar refractivity (Wildman–Crippen MR) is 258 cm³/mol. The predicted octanol–water partition coefficient (Wildman–Crippen LogP) is 5.59. The Hall–Kier alpha value is 2.26. The maximum Gasteiger partial charge on any atom is 0.140 e. The maximum atomic E-state index is 13.3. The van der Waals surface area contributed by atoms with Gasteiger partial charge in [0.15, 0.2) is 0 Å². The summed E-state index contributed by atoms with van der Waals surface area (Å²) in [4.78, 5) is 8.06. The second-order valence-electron chi connectivity index (χ2n) is 7.95. The molecule has 0 amide bonds. The van der Waals surface area contributed by atoms with E-state index < -0.39 is 0 Å². The Morgan fingerprint density at radius 1 is 0.652 bits per heavy atom. The lowest BCUT2D eigenvalue weighted by Gasteiger charge is -2.09. The fraction of sp³-hybridized carbons (Fsp3) is 0.381. The lowest BCUT2D eigenvalue weighted by Crippen LogP contribution is -1.95. The highest BCUT2D eigenvalue weighted by Crippen LogP contribution is 2.28. The van der Waals surface area contributed by atoms with Crippen molar-refractivity contribution < 1.29 is 4.39 Å². The summed E-state index contributed by atoms with van der Waals surface area (Å²) in [6.07, 6.45) is 6.93. The third-order valence-corrected chi connectivity index (χ3v) is 45.2. The van der Waals surface area contributed by atoms with E-state index in [0.29, 0.717) is 11.5 Å². The standard InChI is InChI=1S/C21H26FN3.S21/c1-3-5-7-14-11-19-20(12-15(14)8-6-4-2)25-21(24-19)17-10-9-16(22)13-18(17)23;1-3-5-7-9-11-13-15-17-19-21-20-18-16-14-12-10-8-6-4-2/h9-13H,3-8,23H2,1-2H3,(H,24,25);. The fourth-order valence-electron chi connectivity index (χ4n) is 3.41. The first-order valence-corrected chi connectivity index (χ1v) is 39.2. The zero-order valence-electron chi connectivity index (χ0n) is 23.6. The lowest BCUT2D eigenvalue weighted by molar-refractivity contribution is 0.628. The van der Waals surface area contributed by atoms with Gasteiger partial charge in [0.05, 0.1) is 11.0 Å². The number of fused-ring (bicyclic) bond motifs is 1. The van der Waals surface area contributed by atoms with Crippen LogP contribution in [0.15, 0.2) is 30.3 Å². The summed E-state index contributed by atoms with van der Waals surface area (Å²) >= 11 is 9.52. The van der Waals surface area contributed by atoms with Crippen LogP contribution in [-0.2, 0) is 204 Å². The molecule has 2 aromatic carbocycles. The van der Waals surface area contributed by atoms with Gasteiger partial charge < -0.3 is 10.7 Å². The number of halogens is 1. The molecule has 25 heteroatoms. The zero-order chi connectivity index (χ0) is 33.2. The molecule has 1 aromatic heterocycles. The van der Waals surface area contributed by atoms with Crippen LogP contribution in [0.1, 0.15) is 50.7 Å². The first-order valence-electron chi connectivity index (χ1n) is 12.5. The maximum absolute atomic E-state index is 13.3. The van der Waals surface area contributed by atoms with Crippen LogP contribution in [0, 0.1) is 5.82 Å². The molecule has 0 atom stereocenters. The first-order chi connectivity index (χ1) is 22.5. The smallest absolute Gasteiger partial charge is 0.140 e. The van der Waals surface area contributed by atoms with Crippen molar-refractivity contribution >= 4 is 208 Å². The van der Waals surface area contributed by atoms with Gasteiger partial charge in [-0.2, -0.15) is 0 Å². The Labute approximate surface area is 333 Å². The molecule has 0 saturated heterocycles. The number of aromatic amines is 1. The van der Waals surface area contributed by atoms with Crippen LogP contribution in [0.3, 0.4) is 0 Å². The summed E-state index contributed by atoms with van der Waals surface area (Å²) in [7, 11) is 32.6. The molecule has 0 saturated carbocycles. The molecule has 1 heterocycles. The molecule has 46 heavy (non-hydrogen) atoms. The highest BCUT2D eigenvalue weighted by Gasteiger charge is 2.12. The molecule has 0 radical (unpaired) electrons. The second-order valence-corrected chi connectivity index (χ2v) is 41.6. The minimum Gasteiger partial charge on any atom is -0.398 e. The van der Waals surface area contributed by atoms with E-state index in [0.717, 1.165) is 29.4 Å². The molecular formula is C21H26FN3S21. The molecular weight excluding hydrogens is 987 g/mol. The molecule has 0 unspecified atom stereocenters. The van der Waals surface area contributed by atoms with Crippen molar-refractivity contribution in [3.05, 3.63) is 47.3 Å². The molecule has 0 spiro atoms. The van der Waals surface area contributed by atoms with E-state index in [1.165, 1.54) is 66.7 Å². The van der Waals surface area contributed by atoms with E-state index in [9.17, 15) is 4.39 Å². The van der Waals surface area contributed by atoms with E-state index in [4.69, 9.17) is 33.1 Å². The van der Waals surface area contributed by atoms with Crippen LogP contribution in [0.25, 0.3) is 22.4 Å². The van der Waals surface area contributed by atoms with Crippen LogP contribution in [0.4, 0.5) is 10.1 Å². The van der Waals surface area contributed by atoms with Gasteiger partial charge in [-0.25, -0.2) is 9.37 Å². The number of rotatable bonds is 7. The average molecular weight is 1010 g/mol. The van der Waals surface area contributed by atoms with E-state index in [1.54, 1.807) is 157 Å². The molecule has 258 valence electrons. The number of H-pyrrole nitrogens is 1. The Kier molecular flexibility index (Phi) is 28.8. The molecule has 0 aliphatic heterocycles. The number of nitrogens with zero attached hydrogens (tertiary/aromatic N) is 1. The molecule has 3 rings (SSSR count). The van der Waals surface area contributed by atoms with Crippen molar-refractivity contribution in [1.82, 2.24) is 9.97 Å². The van der Waals surface area contributed by atoms with Gasteiger partial charge in [0, 0.05) is 202 Å². The molecule has 3 N–H and O–H groups in total. The summed E-state index contributed by atoms with van der Waals surface area (Å²) in [5.74, 6) is 0.364. The fourth-order valence-corrected chi connectivity index (χ4v) is 50.1. The topological polar surface area (TPSA) is 54.7 Å². The number of aryl methyl sites for hydroxylation is 2. The highest BCUT2D eigenvalue weighted by atomic mass is 33.5. The molecule has 0 aliphatic rings. The molecule has 3 aromatic rings. The van der Waals surface area contributed by atoms with Crippen molar-refractivity contribution in [3.63, 3.8) is 0 Å². The number of hydrogen-bond donors (Lipinski definition) is 2. The quantitative estimate of drug-likeness (QED) is 0.304. The Morgan fingerprint density at radius 3 is 1.50 bits per heavy atom. The zero-order valence-corrected chi connectivity index (χ0v) is 40.8. The monoisotopic (exact) mass is 1010 g/mol. The SMILES string of the molecule is CCCCc1cc2nc(-c3ccc(F)cc3N)[nH]c2cc1CCCC.S=S=S=S=S=S=S=S=S=S=S=S=S=S=S=S=S=S=S=S=S. The van der Waals surface area contributed by atoms with Crippen LogP contribution >= 0.6 is 0 Å². The first kappa shape index (κ1) is 44.4. The van der Waals surface area contributed by atoms with Crippen molar-refractivity contribution in [2.24, 2.45) is 0 Å². The number of unbranched alkanes of at least 4 members (excludes halogenated alkanes) is 2. The Morgan fingerprint density at radius 2 is 1.09 bits per heavy atom. The number of nitrogens with one attached hydrogen (secondary N) is 1. The van der Waals surface area contributed by atoms with Gasteiger partial charge in [-0.05, 0) is 67.1 Å². The summed E-state index contributed by atoms with van der Waals surface area (Å²) in [6.45, 7) is 4.43. The Bertz CT molecular complexity index is 2220. The van der Waals surface area contributed by atoms with Crippen molar-refractivity contribution in [3.8, 4) is 11.4 Å². The third kappa shape index (κ3) is 19.8. The number of benzene rings is 2. The lowest BCUT2D eigenvalue weighted by atomic mass is 9.97. The normalized spacial score (nSPS) is 9.54. The molecule has 0 fully saturated rings. The van der Waals surface area contributed by atoms with E-state index in [1.807, 2.05) is 0 Å². The van der Waals surface area contributed by atoms with Crippen LogP contribution < -0.4 is 5.73 Å². The number of nitrogen functional groups attached to an aromatic ring is 1. The number of nitrogens with two attached hydrogens (primary N) is 1. The van der Waals surface area contributed by atoms with Gasteiger partial charge in [0.2, 0.25) is 0 Å². The minimum absolute atomic E-state index is 0.332. The van der Waals surface area contributed by atoms with E-state index >= 15 is 0 Å². The van der Waals surface area contributed by atoms with Crippen LogP contribution in [-0.4, -0.2) is 9.97 Å². The molecule has 3 nitrogen and oxygen atoms in total. The van der Waals surface area contributed by atoms with E-state index in [2.05, 4.69) is 31.0 Å². The van der Waals surface area contributed by atoms with Crippen molar-refractivity contribution in [1.29, 1.82) is 0 Å². The Balaban J connectivity index is 0.000000327. The van der Waals surface area contributed by atoms with Gasteiger partial charge >= 0.3 is 0 Å². The van der Waals surface area contributed by atoms with Gasteiger partial charge in [0.1, 0.15) is 11.6 Å². The summed E-state index contributed by atoms with van der Waals surface area (Å²) < 4.78 is 13.3. The largest absolute Gasteiger partial charge is 0.398 e. The van der Waals surface area contributed by atoms with E-state index in [-0.39, 0.29) is 5.82 Å². The van der Waals surface area contributed by atoms with Gasteiger partial charge in [0.25, 0.3) is 0 Å². The van der Waals surface area contributed by atoms with Gasteiger partial charge in [-0.3, -0.25) is 0 Å². The number of anilines is 1. The summed E-state index contributed by atoms with van der Waals surface area (Å²) in [6, 6.07) is 8.86. The van der Waals surface area contributed by atoms with Gasteiger partial charge in [-0.1, -0.05) is 26.7 Å².